The Balaban J connectivity index is 2.49. The third-order valence-electron chi connectivity index (χ3n) is 4.79. The summed E-state index contributed by atoms with van der Waals surface area (Å²) in [5, 5.41) is 13.3. The molecule has 20 heavy (non-hydrogen) atoms. The van der Waals surface area contributed by atoms with Gasteiger partial charge in [0, 0.05) is 12.5 Å². The van der Waals surface area contributed by atoms with E-state index in [1.54, 1.807) is 0 Å². The van der Waals surface area contributed by atoms with Crippen molar-refractivity contribution < 1.29 is 9.90 Å². The highest BCUT2D eigenvalue weighted by atomic mass is 16.3. The Labute approximate surface area is 124 Å². The molecule has 0 aromatic rings. The molecule has 3 atom stereocenters. The minimum atomic E-state index is -0.151. The maximum absolute atomic E-state index is 12.1. The van der Waals surface area contributed by atoms with Crippen LogP contribution in [0.2, 0.25) is 0 Å². The second-order valence-electron chi connectivity index (χ2n) is 6.27. The van der Waals surface area contributed by atoms with Gasteiger partial charge in [-0.15, -0.1) is 0 Å². The van der Waals surface area contributed by atoms with Gasteiger partial charge in [-0.1, -0.05) is 46.0 Å². The first-order valence-corrected chi connectivity index (χ1v) is 8.64. The van der Waals surface area contributed by atoms with Gasteiger partial charge >= 0.3 is 0 Å². The van der Waals surface area contributed by atoms with E-state index in [9.17, 15) is 9.90 Å². The van der Waals surface area contributed by atoms with Crippen molar-refractivity contribution in [2.45, 2.75) is 84.2 Å². The minimum absolute atomic E-state index is 0.151. The Hall–Kier alpha value is -0.570. The van der Waals surface area contributed by atoms with E-state index in [1.165, 1.54) is 12.8 Å². The number of aliphatic hydroxyl groups is 1. The summed E-state index contributed by atoms with van der Waals surface area (Å²) in [6.45, 7) is 5.03. The predicted octanol–water partition coefficient (Wildman–Crippen LogP) is 3.65. The maximum atomic E-state index is 12.1. The molecule has 0 aliphatic carbocycles. The van der Waals surface area contributed by atoms with E-state index in [4.69, 9.17) is 0 Å². The third kappa shape index (κ3) is 6.25. The van der Waals surface area contributed by atoms with Gasteiger partial charge in [-0.3, -0.25) is 4.79 Å². The monoisotopic (exact) mass is 283 g/mol. The number of hydrogen-bond donors (Lipinski definition) is 2. The van der Waals surface area contributed by atoms with Crippen LogP contribution in [0.4, 0.5) is 0 Å². The number of nitrogens with one attached hydrogen (secondary N) is 1. The van der Waals surface area contributed by atoms with Crippen LogP contribution in [0, 0.1) is 11.8 Å². The topological polar surface area (TPSA) is 49.3 Å². The lowest BCUT2D eigenvalue weighted by Gasteiger charge is -2.22. The number of hydrogen-bond acceptors (Lipinski definition) is 2. The van der Waals surface area contributed by atoms with Crippen LogP contribution in [0.3, 0.4) is 0 Å². The molecule has 0 bridgehead atoms. The predicted molar refractivity (Wildman–Crippen MR) is 83.5 cm³/mol. The van der Waals surface area contributed by atoms with Crippen LogP contribution >= 0.6 is 0 Å². The molecule has 0 radical (unpaired) electrons. The van der Waals surface area contributed by atoms with Crippen molar-refractivity contribution in [1.29, 1.82) is 0 Å². The van der Waals surface area contributed by atoms with Crippen molar-refractivity contribution in [3.63, 3.8) is 0 Å². The lowest BCUT2D eigenvalue weighted by Crippen LogP contribution is -2.32. The SMILES string of the molecule is CC[C@@H]1CCCCCC[C@@H](O)[C@H](CC)CCCNC1=O. The fraction of sp³-hybridized carbons (Fsp3) is 0.941. The van der Waals surface area contributed by atoms with Gasteiger partial charge in [0.1, 0.15) is 0 Å². The van der Waals surface area contributed by atoms with Crippen molar-refractivity contribution in [1.82, 2.24) is 5.32 Å². The fourth-order valence-electron chi connectivity index (χ4n) is 3.24. The first-order valence-electron chi connectivity index (χ1n) is 8.64. The van der Waals surface area contributed by atoms with Gasteiger partial charge in [-0.25, -0.2) is 0 Å². The van der Waals surface area contributed by atoms with Crippen molar-refractivity contribution in [2.75, 3.05) is 6.54 Å². The van der Waals surface area contributed by atoms with Crippen LogP contribution in [-0.2, 0) is 4.79 Å². The highest BCUT2D eigenvalue weighted by Gasteiger charge is 2.19. The highest BCUT2D eigenvalue weighted by Crippen LogP contribution is 2.22. The van der Waals surface area contributed by atoms with Crippen LogP contribution in [-0.4, -0.2) is 23.7 Å². The minimum Gasteiger partial charge on any atom is -0.393 e. The molecule has 0 aromatic carbocycles. The summed E-state index contributed by atoms with van der Waals surface area (Å²) in [4.78, 5) is 12.1. The Morgan fingerprint density at radius 3 is 2.35 bits per heavy atom. The van der Waals surface area contributed by atoms with Gasteiger partial charge in [-0.05, 0) is 38.0 Å². The number of carbonyl (C=O) groups excluding carboxylic acids is 1. The van der Waals surface area contributed by atoms with Crippen molar-refractivity contribution >= 4 is 5.91 Å². The molecule has 0 aromatic heterocycles. The van der Waals surface area contributed by atoms with Crippen molar-refractivity contribution in [2.24, 2.45) is 11.8 Å². The second-order valence-corrected chi connectivity index (χ2v) is 6.27. The Kier molecular flexibility index (Phi) is 8.92. The Morgan fingerprint density at radius 2 is 1.70 bits per heavy atom. The molecule has 1 rings (SSSR count). The summed E-state index contributed by atoms with van der Waals surface area (Å²) in [6, 6.07) is 0. The summed E-state index contributed by atoms with van der Waals surface area (Å²) in [6.07, 6.45) is 10.4. The molecule has 1 aliphatic rings. The van der Waals surface area contributed by atoms with Crippen molar-refractivity contribution in [3.8, 4) is 0 Å². The van der Waals surface area contributed by atoms with Crippen LogP contribution < -0.4 is 5.32 Å². The summed E-state index contributed by atoms with van der Waals surface area (Å²) in [7, 11) is 0. The van der Waals surface area contributed by atoms with Gasteiger partial charge in [0.05, 0.1) is 6.10 Å². The van der Waals surface area contributed by atoms with E-state index in [2.05, 4.69) is 19.2 Å². The van der Waals surface area contributed by atoms with E-state index in [0.29, 0.717) is 5.92 Å². The van der Waals surface area contributed by atoms with Gasteiger partial charge in [-0.2, -0.15) is 0 Å². The van der Waals surface area contributed by atoms with E-state index in [0.717, 1.165) is 57.9 Å². The maximum Gasteiger partial charge on any atom is 0.223 e. The summed E-state index contributed by atoms with van der Waals surface area (Å²) < 4.78 is 0. The number of rotatable bonds is 2. The Bertz CT molecular complexity index is 268. The van der Waals surface area contributed by atoms with Gasteiger partial charge in [0.2, 0.25) is 5.91 Å². The zero-order chi connectivity index (χ0) is 14.8. The lowest BCUT2D eigenvalue weighted by molar-refractivity contribution is -0.125. The molecular weight excluding hydrogens is 250 g/mol. The molecule has 3 nitrogen and oxygen atoms in total. The van der Waals surface area contributed by atoms with Gasteiger partial charge < -0.3 is 10.4 Å². The molecule has 1 saturated heterocycles. The number of carbonyl (C=O) groups is 1. The molecule has 3 heteroatoms. The first-order chi connectivity index (χ1) is 9.69. The summed E-state index contributed by atoms with van der Waals surface area (Å²) in [5.41, 5.74) is 0. The molecule has 1 fully saturated rings. The molecule has 1 amide bonds. The van der Waals surface area contributed by atoms with Crippen LogP contribution in [0.5, 0.6) is 0 Å². The molecule has 1 heterocycles. The van der Waals surface area contributed by atoms with Crippen molar-refractivity contribution in [3.05, 3.63) is 0 Å². The quantitative estimate of drug-likeness (QED) is 0.812. The lowest BCUT2D eigenvalue weighted by atomic mass is 9.90. The fourth-order valence-corrected chi connectivity index (χ4v) is 3.24. The number of amides is 1. The average molecular weight is 283 g/mol. The summed E-state index contributed by atoms with van der Waals surface area (Å²) in [5.74, 6) is 0.834. The normalized spacial score (nSPS) is 31.4. The van der Waals surface area contributed by atoms with E-state index >= 15 is 0 Å². The van der Waals surface area contributed by atoms with Gasteiger partial charge in [0.25, 0.3) is 0 Å². The summed E-state index contributed by atoms with van der Waals surface area (Å²) >= 11 is 0. The molecule has 1 aliphatic heterocycles. The standard InChI is InChI=1S/C17H33NO2/c1-3-14-11-9-13-18-17(20)15(4-2)10-7-5-6-8-12-16(14)19/h14-16,19H,3-13H2,1-2H3,(H,18,20)/t14-,15-,16-/m1/s1. The van der Waals surface area contributed by atoms with Crippen LogP contribution in [0.15, 0.2) is 0 Å². The molecule has 0 unspecified atom stereocenters. The molecular formula is C17H33NO2. The second kappa shape index (κ2) is 10.2. The number of aliphatic hydroxyl groups excluding tert-OH is 1. The molecule has 118 valence electrons. The molecule has 0 spiro atoms. The highest BCUT2D eigenvalue weighted by molar-refractivity contribution is 5.78. The largest absolute Gasteiger partial charge is 0.393 e. The third-order valence-corrected chi connectivity index (χ3v) is 4.79. The smallest absolute Gasteiger partial charge is 0.223 e. The average Bonchev–Trinajstić information content (AvgIpc) is 2.45. The zero-order valence-electron chi connectivity index (χ0n) is 13.4. The van der Waals surface area contributed by atoms with E-state index in [1.807, 2.05) is 0 Å². The molecule has 2 N–H and O–H groups in total. The zero-order valence-corrected chi connectivity index (χ0v) is 13.4. The molecule has 0 saturated carbocycles. The van der Waals surface area contributed by atoms with Crippen LogP contribution in [0.25, 0.3) is 0 Å². The van der Waals surface area contributed by atoms with Gasteiger partial charge in [0.15, 0.2) is 0 Å². The first kappa shape index (κ1) is 17.5. The Morgan fingerprint density at radius 1 is 1.00 bits per heavy atom. The van der Waals surface area contributed by atoms with Crippen LogP contribution in [0.1, 0.15) is 78.1 Å². The van der Waals surface area contributed by atoms with E-state index in [-0.39, 0.29) is 17.9 Å². The van der Waals surface area contributed by atoms with E-state index < -0.39 is 0 Å².